The van der Waals surface area contributed by atoms with Gasteiger partial charge in [0.25, 0.3) is 0 Å². The van der Waals surface area contributed by atoms with Gasteiger partial charge < -0.3 is 9.84 Å². The highest BCUT2D eigenvalue weighted by atomic mass is 19.4. The normalized spacial score (nSPS) is 11.5. The molecule has 0 aromatic carbocycles. The second kappa shape index (κ2) is 3.79. The number of ether oxygens (including phenoxy) is 1. The molecule has 0 radical (unpaired) electrons. The summed E-state index contributed by atoms with van der Waals surface area (Å²) < 4.78 is 51.1. The van der Waals surface area contributed by atoms with Crippen LogP contribution in [0.1, 0.15) is 5.69 Å². The van der Waals surface area contributed by atoms with Gasteiger partial charge in [-0.3, -0.25) is 4.98 Å². The predicted molar refractivity (Wildman–Crippen MR) is 36.8 cm³/mol. The molecular formula is C7H5F4NO2. The number of aromatic nitrogens is 1. The molecule has 78 valence electrons. The Balaban J connectivity index is 2.99. The van der Waals surface area contributed by atoms with Gasteiger partial charge in [0.15, 0.2) is 5.75 Å². The Bertz CT molecular complexity index is 326. The van der Waals surface area contributed by atoms with E-state index in [0.717, 1.165) is 0 Å². The van der Waals surface area contributed by atoms with Crippen molar-refractivity contribution in [3.63, 3.8) is 0 Å². The fourth-order valence-electron chi connectivity index (χ4n) is 0.781. The van der Waals surface area contributed by atoms with Gasteiger partial charge >= 0.3 is 6.36 Å². The van der Waals surface area contributed by atoms with Crippen LogP contribution in [0, 0.1) is 5.82 Å². The summed E-state index contributed by atoms with van der Waals surface area (Å²) in [5.74, 6) is -1.80. The van der Waals surface area contributed by atoms with E-state index >= 15 is 0 Å². The van der Waals surface area contributed by atoms with Crippen LogP contribution in [0.5, 0.6) is 5.75 Å². The Kier molecular flexibility index (Phi) is 2.90. The maximum atomic E-state index is 12.5. The Labute approximate surface area is 76.0 Å². The van der Waals surface area contributed by atoms with Gasteiger partial charge in [-0.25, -0.2) is 4.39 Å². The molecule has 0 atom stereocenters. The molecule has 0 saturated carbocycles. The highest BCUT2D eigenvalue weighted by Crippen LogP contribution is 2.25. The number of nitrogens with zero attached hydrogens (tertiary/aromatic N) is 1. The molecule has 7 heteroatoms. The van der Waals surface area contributed by atoms with Crippen molar-refractivity contribution >= 4 is 0 Å². The molecule has 0 unspecified atom stereocenters. The minimum atomic E-state index is -4.93. The summed E-state index contributed by atoms with van der Waals surface area (Å²) in [6.45, 7) is -0.758. The van der Waals surface area contributed by atoms with Gasteiger partial charge in [-0.2, -0.15) is 0 Å². The van der Waals surface area contributed by atoms with Crippen molar-refractivity contribution in [1.29, 1.82) is 0 Å². The van der Waals surface area contributed by atoms with Crippen molar-refractivity contribution in [2.45, 2.75) is 13.0 Å². The van der Waals surface area contributed by atoms with Gasteiger partial charge in [-0.15, -0.1) is 13.2 Å². The highest BCUT2D eigenvalue weighted by molar-refractivity contribution is 5.27. The molecule has 0 aliphatic rings. The molecule has 0 aliphatic heterocycles. The minimum absolute atomic E-state index is 0.372. The van der Waals surface area contributed by atoms with Crippen LogP contribution in [-0.4, -0.2) is 16.5 Å². The van der Waals surface area contributed by atoms with E-state index in [9.17, 15) is 17.6 Å². The first-order chi connectivity index (χ1) is 6.42. The molecular weight excluding hydrogens is 206 g/mol. The first-order valence-corrected chi connectivity index (χ1v) is 3.43. The van der Waals surface area contributed by atoms with Crippen LogP contribution in [0.15, 0.2) is 12.3 Å². The molecule has 1 N–H and O–H groups in total. The number of aliphatic hydroxyl groups excluding tert-OH is 1. The van der Waals surface area contributed by atoms with Crippen molar-refractivity contribution in [3.8, 4) is 5.75 Å². The maximum Gasteiger partial charge on any atom is 0.573 e. The first-order valence-electron chi connectivity index (χ1n) is 3.43. The highest BCUT2D eigenvalue weighted by Gasteiger charge is 2.32. The van der Waals surface area contributed by atoms with Gasteiger partial charge in [0.1, 0.15) is 11.5 Å². The van der Waals surface area contributed by atoms with Gasteiger partial charge in [0, 0.05) is 6.07 Å². The van der Waals surface area contributed by atoms with Crippen molar-refractivity contribution in [2.75, 3.05) is 0 Å². The predicted octanol–water partition coefficient (Wildman–Crippen LogP) is 1.61. The molecule has 14 heavy (non-hydrogen) atoms. The van der Waals surface area contributed by atoms with Crippen LogP contribution in [0.2, 0.25) is 0 Å². The summed E-state index contributed by atoms with van der Waals surface area (Å²) in [7, 11) is 0. The number of alkyl halides is 3. The summed E-state index contributed by atoms with van der Waals surface area (Å²) >= 11 is 0. The molecule has 0 amide bonds. The monoisotopic (exact) mass is 211 g/mol. The van der Waals surface area contributed by atoms with Crippen molar-refractivity contribution in [2.24, 2.45) is 0 Å². The van der Waals surface area contributed by atoms with Crippen molar-refractivity contribution < 1.29 is 27.4 Å². The molecule has 3 nitrogen and oxygen atoms in total. The number of hydrogen-bond donors (Lipinski definition) is 1. The van der Waals surface area contributed by atoms with E-state index in [2.05, 4.69) is 9.72 Å². The Morgan fingerprint density at radius 1 is 1.43 bits per heavy atom. The van der Waals surface area contributed by atoms with Crippen molar-refractivity contribution in [1.82, 2.24) is 4.98 Å². The molecule has 0 bridgehead atoms. The molecule has 1 aromatic heterocycles. The molecule has 1 heterocycles. The Morgan fingerprint density at radius 3 is 2.57 bits per heavy atom. The summed E-state index contributed by atoms with van der Waals surface area (Å²) in [5, 5.41) is 8.57. The van der Waals surface area contributed by atoms with Gasteiger partial charge in [0.2, 0.25) is 0 Å². The second-order valence-electron chi connectivity index (χ2n) is 2.30. The third-order valence-corrected chi connectivity index (χ3v) is 1.27. The largest absolute Gasteiger partial charge is 0.573 e. The van der Waals surface area contributed by atoms with E-state index in [0.29, 0.717) is 12.3 Å². The van der Waals surface area contributed by atoms with Crippen LogP contribution in [-0.2, 0) is 6.61 Å². The summed E-state index contributed by atoms with van der Waals surface area (Å²) in [6, 6.07) is 0.506. The number of pyridine rings is 1. The van der Waals surface area contributed by atoms with Crippen LogP contribution in [0.3, 0.4) is 0 Å². The first kappa shape index (κ1) is 10.7. The lowest BCUT2D eigenvalue weighted by atomic mass is 10.3. The summed E-state index contributed by atoms with van der Waals surface area (Å²) in [5.41, 5.74) is -0.372. The van der Waals surface area contributed by atoms with E-state index in [1.807, 2.05) is 0 Å². The van der Waals surface area contributed by atoms with E-state index in [-0.39, 0.29) is 5.69 Å². The third kappa shape index (κ3) is 2.84. The average molecular weight is 211 g/mol. The lowest BCUT2D eigenvalue weighted by Gasteiger charge is -2.10. The van der Waals surface area contributed by atoms with E-state index < -0.39 is 24.5 Å². The van der Waals surface area contributed by atoms with Crippen LogP contribution >= 0.6 is 0 Å². The quantitative estimate of drug-likeness (QED) is 0.755. The molecule has 0 spiro atoms. The topological polar surface area (TPSA) is 42.4 Å². The number of aliphatic hydroxyl groups is 1. The Hall–Kier alpha value is -1.37. The number of rotatable bonds is 2. The van der Waals surface area contributed by atoms with Gasteiger partial charge in [-0.05, 0) is 0 Å². The minimum Gasteiger partial charge on any atom is -0.404 e. The zero-order chi connectivity index (χ0) is 10.8. The fraction of sp³-hybridized carbons (Fsp3) is 0.286. The smallest absolute Gasteiger partial charge is 0.404 e. The number of hydrogen-bond acceptors (Lipinski definition) is 3. The van der Waals surface area contributed by atoms with Gasteiger partial charge in [0.05, 0.1) is 12.8 Å². The molecule has 0 aliphatic carbocycles. The lowest BCUT2D eigenvalue weighted by Crippen LogP contribution is -2.18. The molecule has 1 aromatic rings. The van der Waals surface area contributed by atoms with Crippen LogP contribution in [0.4, 0.5) is 17.6 Å². The zero-order valence-corrected chi connectivity index (χ0v) is 6.68. The SMILES string of the molecule is OCc1ncc(F)cc1OC(F)(F)F. The van der Waals surface area contributed by atoms with Crippen LogP contribution in [0.25, 0.3) is 0 Å². The summed E-state index contributed by atoms with van der Waals surface area (Å²) in [6.07, 6.45) is -4.24. The second-order valence-corrected chi connectivity index (χ2v) is 2.30. The van der Waals surface area contributed by atoms with Crippen LogP contribution < -0.4 is 4.74 Å². The maximum absolute atomic E-state index is 12.5. The average Bonchev–Trinajstić information content (AvgIpc) is 2.01. The third-order valence-electron chi connectivity index (χ3n) is 1.27. The fourth-order valence-corrected chi connectivity index (χ4v) is 0.781. The van der Waals surface area contributed by atoms with E-state index in [4.69, 9.17) is 5.11 Å². The van der Waals surface area contributed by atoms with E-state index in [1.54, 1.807) is 0 Å². The zero-order valence-electron chi connectivity index (χ0n) is 6.68. The molecule has 0 fully saturated rings. The van der Waals surface area contributed by atoms with Gasteiger partial charge in [-0.1, -0.05) is 0 Å². The number of halogens is 4. The molecule has 1 rings (SSSR count). The molecule has 0 saturated heterocycles. The van der Waals surface area contributed by atoms with E-state index in [1.165, 1.54) is 0 Å². The standard InChI is InChI=1S/C7H5F4NO2/c8-4-1-6(14-7(9,10)11)5(3-13)12-2-4/h1-2,13H,3H2. The van der Waals surface area contributed by atoms with Crippen molar-refractivity contribution in [3.05, 3.63) is 23.8 Å². The Morgan fingerprint density at radius 2 is 2.07 bits per heavy atom. The summed E-state index contributed by atoms with van der Waals surface area (Å²) in [4.78, 5) is 3.23. The lowest BCUT2D eigenvalue weighted by molar-refractivity contribution is -0.275.